The molecule has 1 saturated carbocycles. The van der Waals surface area contributed by atoms with Gasteiger partial charge in [-0.2, -0.15) is 4.80 Å². The summed E-state index contributed by atoms with van der Waals surface area (Å²) in [5.74, 6) is 1.20. The van der Waals surface area contributed by atoms with Crippen molar-refractivity contribution in [1.29, 1.82) is 0 Å². The summed E-state index contributed by atoms with van der Waals surface area (Å²) in [7, 11) is 0. The Hall–Kier alpha value is -1.34. The summed E-state index contributed by atoms with van der Waals surface area (Å²) in [5, 5.41) is 12.6. The molecule has 1 fully saturated rings. The molecule has 0 amide bonds. The summed E-state index contributed by atoms with van der Waals surface area (Å²) in [6.45, 7) is 3.63. The van der Waals surface area contributed by atoms with Gasteiger partial charge in [0.2, 0.25) is 5.82 Å². The highest BCUT2D eigenvalue weighted by Gasteiger charge is 2.30. The fourth-order valence-corrected chi connectivity index (χ4v) is 2.76. The summed E-state index contributed by atoms with van der Waals surface area (Å²) in [6.07, 6.45) is 6.06. The number of hydrogen-bond acceptors (Lipinski definition) is 5. The molecule has 0 saturated heterocycles. The Morgan fingerprint density at radius 3 is 3.00 bits per heavy atom. The van der Waals surface area contributed by atoms with Crippen LogP contribution in [0, 0.1) is 5.92 Å². The highest BCUT2D eigenvalue weighted by Crippen LogP contribution is 2.31. The van der Waals surface area contributed by atoms with Crippen LogP contribution in [-0.2, 0) is 11.3 Å². The largest absolute Gasteiger partial charge is 0.378 e. The fraction of sp³-hybridized carbons (Fsp3) is 0.538. The molecular weight excluding hydrogens is 322 g/mol. The Morgan fingerprint density at radius 2 is 2.25 bits per heavy atom. The third kappa shape index (κ3) is 3.04. The van der Waals surface area contributed by atoms with E-state index in [1.54, 1.807) is 17.2 Å². The zero-order valence-electron chi connectivity index (χ0n) is 11.2. The van der Waals surface area contributed by atoms with Crippen LogP contribution < -0.4 is 0 Å². The van der Waals surface area contributed by atoms with Gasteiger partial charge in [-0.05, 0) is 52.9 Å². The summed E-state index contributed by atoms with van der Waals surface area (Å²) in [5.41, 5.74) is 0.867. The van der Waals surface area contributed by atoms with Crippen LogP contribution >= 0.6 is 15.9 Å². The van der Waals surface area contributed by atoms with Gasteiger partial charge in [0.15, 0.2) is 0 Å². The zero-order valence-corrected chi connectivity index (χ0v) is 12.8. The zero-order chi connectivity index (χ0) is 13.9. The Morgan fingerprint density at radius 1 is 1.40 bits per heavy atom. The Bertz CT molecular complexity index is 582. The third-order valence-electron chi connectivity index (χ3n) is 3.43. The first-order chi connectivity index (χ1) is 9.74. The van der Waals surface area contributed by atoms with Gasteiger partial charge >= 0.3 is 0 Å². The van der Waals surface area contributed by atoms with Gasteiger partial charge < -0.3 is 4.74 Å². The molecule has 6 nitrogen and oxygen atoms in total. The van der Waals surface area contributed by atoms with E-state index in [9.17, 15) is 0 Å². The van der Waals surface area contributed by atoms with Crippen molar-refractivity contribution in [3.8, 4) is 11.4 Å². The lowest BCUT2D eigenvalue weighted by Crippen LogP contribution is -2.34. The molecule has 0 spiro atoms. The number of nitrogens with zero attached hydrogens (tertiary/aromatic N) is 5. The van der Waals surface area contributed by atoms with E-state index in [4.69, 9.17) is 4.74 Å². The topological polar surface area (TPSA) is 65.7 Å². The standard InChI is InChI=1S/C13H16BrN5O/c1-2-20-12-3-9(4-12)8-19-17-13(16-18-19)10-5-11(14)7-15-6-10/h5-7,9,12H,2-4,8H2,1H3. The van der Waals surface area contributed by atoms with Crippen molar-refractivity contribution >= 4 is 15.9 Å². The molecule has 20 heavy (non-hydrogen) atoms. The molecule has 2 aromatic heterocycles. The lowest BCUT2D eigenvalue weighted by atomic mass is 9.82. The number of hydrogen-bond donors (Lipinski definition) is 0. The highest BCUT2D eigenvalue weighted by atomic mass is 79.9. The van der Waals surface area contributed by atoms with Crippen molar-refractivity contribution in [3.05, 3.63) is 22.9 Å². The molecule has 0 atom stereocenters. The van der Waals surface area contributed by atoms with Gasteiger partial charge in [-0.3, -0.25) is 4.98 Å². The maximum absolute atomic E-state index is 5.55. The SMILES string of the molecule is CCOC1CC(Cn2nnc(-c3cncc(Br)c3)n2)C1. The van der Waals surface area contributed by atoms with Crippen LogP contribution in [0.25, 0.3) is 11.4 Å². The van der Waals surface area contributed by atoms with Gasteiger partial charge in [-0.25, -0.2) is 0 Å². The van der Waals surface area contributed by atoms with Crippen LogP contribution in [0.2, 0.25) is 0 Å². The molecule has 2 heterocycles. The number of rotatable bonds is 5. The molecule has 0 aliphatic heterocycles. The molecule has 0 unspecified atom stereocenters. The molecule has 3 rings (SSSR count). The van der Waals surface area contributed by atoms with E-state index >= 15 is 0 Å². The van der Waals surface area contributed by atoms with Crippen LogP contribution in [0.1, 0.15) is 19.8 Å². The summed E-state index contributed by atoms with van der Waals surface area (Å²) >= 11 is 3.39. The lowest BCUT2D eigenvalue weighted by Gasteiger charge is -2.34. The summed E-state index contributed by atoms with van der Waals surface area (Å²) < 4.78 is 6.46. The van der Waals surface area contributed by atoms with Crippen molar-refractivity contribution in [2.24, 2.45) is 5.92 Å². The monoisotopic (exact) mass is 337 g/mol. The first kappa shape index (κ1) is 13.6. The van der Waals surface area contributed by atoms with E-state index in [1.165, 1.54) is 0 Å². The van der Waals surface area contributed by atoms with Crippen molar-refractivity contribution < 1.29 is 4.74 Å². The average molecular weight is 338 g/mol. The molecule has 106 valence electrons. The predicted molar refractivity (Wildman–Crippen MR) is 76.9 cm³/mol. The molecule has 0 bridgehead atoms. The van der Waals surface area contributed by atoms with E-state index in [0.29, 0.717) is 17.8 Å². The number of ether oxygens (including phenoxy) is 1. The Balaban J connectivity index is 1.60. The van der Waals surface area contributed by atoms with Crippen molar-refractivity contribution in [2.75, 3.05) is 6.61 Å². The van der Waals surface area contributed by atoms with Crippen LogP contribution in [0.5, 0.6) is 0 Å². The number of pyridine rings is 1. The van der Waals surface area contributed by atoms with Crippen molar-refractivity contribution in [1.82, 2.24) is 25.2 Å². The highest BCUT2D eigenvalue weighted by molar-refractivity contribution is 9.10. The second kappa shape index (κ2) is 5.97. The minimum Gasteiger partial charge on any atom is -0.378 e. The molecule has 1 aliphatic carbocycles. The second-order valence-electron chi connectivity index (χ2n) is 4.97. The Kier molecular flexibility index (Phi) is 4.07. The van der Waals surface area contributed by atoms with Crippen molar-refractivity contribution in [3.63, 3.8) is 0 Å². The lowest BCUT2D eigenvalue weighted by molar-refractivity contribution is -0.0308. The fourth-order valence-electron chi connectivity index (χ4n) is 2.40. The van der Waals surface area contributed by atoms with Crippen LogP contribution in [0.3, 0.4) is 0 Å². The molecule has 0 aromatic carbocycles. The minimum absolute atomic E-state index is 0.419. The summed E-state index contributed by atoms with van der Waals surface area (Å²) in [6, 6.07) is 1.93. The van der Waals surface area contributed by atoms with Crippen LogP contribution in [-0.4, -0.2) is 37.9 Å². The van der Waals surface area contributed by atoms with E-state index in [0.717, 1.165) is 36.0 Å². The van der Waals surface area contributed by atoms with Crippen molar-refractivity contribution in [2.45, 2.75) is 32.4 Å². The van der Waals surface area contributed by atoms with E-state index in [1.807, 2.05) is 13.0 Å². The van der Waals surface area contributed by atoms with Gasteiger partial charge in [-0.1, -0.05) is 0 Å². The number of tetrazole rings is 1. The minimum atomic E-state index is 0.419. The van der Waals surface area contributed by atoms with Crippen LogP contribution in [0.4, 0.5) is 0 Å². The quantitative estimate of drug-likeness (QED) is 0.837. The van der Waals surface area contributed by atoms with Gasteiger partial charge in [-0.15, -0.1) is 10.2 Å². The molecule has 0 N–H and O–H groups in total. The van der Waals surface area contributed by atoms with Gasteiger partial charge in [0, 0.05) is 29.0 Å². The van der Waals surface area contributed by atoms with Gasteiger partial charge in [0.1, 0.15) is 0 Å². The molecule has 1 aliphatic rings. The molecule has 0 radical (unpaired) electrons. The molecule has 7 heteroatoms. The number of aromatic nitrogens is 5. The normalized spacial score (nSPS) is 21.7. The summed E-state index contributed by atoms with van der Waals surface area (Å²) in [4.78, 5) is 5.78. The van der Waals surface area contributed by atoms with E-state index in [-0.39, 0.29) is 0 Å². The average Bonchev–Trinajstić information content (AvgIpc) is 2.85. The van der Waals surface area contributed by atoms with Crippen LogP contribution in [0.15, 0.2) is 22.9 Å². The third-order valence-corrected chi connectivity index (χ3v) is 3.87. The molecule has 2 aromatic rings. The number of halogens is 1. The maximum atomic E-state index is 5.55. The second-order valence-corrected chi connectivity index (χ2v) is 5.89. The van der Waals surface area contributed by atoms with E-state index in [2.05, 4.69) is 36.3 Å². The predicted octanol–water partition coefficient (Wildman–Crippen LogP) is 2.31. The molecular formula is C13H16BrN5O. The Labute approximate surface area is 125 Å². The smallest absolute Gasteiger partial charge is 0.206 e. The first-order valence-corrected chi connectivity index (χ1v) is 7.54. The van der Waals surface area contributed by atoms with Gasteiger partial charge in [0.05, 0.1) is 12.6 Å². The first-order valence-electron chi connectivity index (χ1n) is 6.75. The van der Waals surface area contributed by atoms with Gasteiger partial charge in [0.25, 0.3) is 0 Å². The van der Waals surface area contributed by atoms with E-state index < -0.39 is 0 Å². The maximum Gasteiger partial charge on any atom is 0.206 e.